The van der Waals surface area contributed by atoms with Crippen LogP contribution in [0.4, 0.5) is 11.4 Å². The third-order valence-corrected chi connectivity index (χ3v) is 7.08. The van der Waals surface area contributed by atoms with Crippen molar-refractivity contribution in [1.82, 2.24) is 0 Å². The molecule has 3 rings (SSSR count). The fourth-order valence-electron chi connectivity index (χ4n) is 3.19. The molecule has 0 spiro atoms. The van der Waals surface area contributed by atoms with Crippen molar-refractivity contribution < 1.29 is 9.47 Å². The minimum atomic E-state index is -0.927. The Morgan fingerprint density at radius 3 is 1.48 bits per heavy atom. The maximum atomic E-state index is 5.72. The highest BCUT2D eigenvalue weighted by Gasteiger charge is 2.27. The molecule has 0 unspecified atom stereocenters. The summed E-state index contributed by atoms with van der Waals surface area (Å²) in [6, 6.07) is 22.7. The van der Waals surface area contributed by atoms with E-state index in [9.17, 15) is 0 Å². The summed E-state index contributed by atoms with van der Waals surface area (Å²) in [7, 11) is 6.42. The van der Waals surface area contributed by atoms with Gasteiger partial charge in [-0.1, -0.05) is 42.5 Å². The molecule has 0 aliphatic heterocycles. The van der Waals surface area contributed by atoms with Gasteiger partial charge in [0, 0.05) is 41.4 Å². The average Bonchev–Trinajstić information content (AvgIpc) is 2.74. The number of benzene rings is 3. The molecule has 2 N–H and O–H groups in total. The normalized spacial score (nSPS) is 10.6. The molecule has 0 aromatic heterocycles. The maximum absolute atomic E-state index is 5.72. The maximum Gasteiger partial charge on any atom is 0.127 e. The van der Waals surface area contributed by atoms with Crippen molar-refractivity contribution in [3.05, 3.63) is 66.7 Å². The molecule has 4 nitrogen and oxygen atoms in total. The zero-order valence-corrected chi connectivity index (χ0v) is 17.0. The second kappa shape index (κ2) is 8.79. The molecule has 5 heteroatoms. The smallest absolute Gasteiger partial charge is 0.127 e. The number of rotatable bonds is 7. The van der Waals surface area contributed by atoms with Crippen LogP contribution in [0, 0.1) is 0 Å². The van der Waals surface area contributed by atoms with Crippen molar-refractivity contribution >= 4 is 35.2 Å². The van der Waals surface area contributed by atoms with Gasteiger partial charge in [0.05, 0.1) is 14.2 Å². The molecule has 140 valence electrons. The summed E-state index contributed by atoms with van der Waals surface area (Å²) in [6.07, 6.45) is 0. The first-order valence-corrected chi connectivity index (χ1v) is 10.1. The highest BCUT2D eigenvalue weighted by Crippen LogP contribution is 2.43. The molecular weight excluding hydrogens is 355 g/mol. The predicted octanol–water partition coefficient (Wildman–Crippen LogP) is 3.55. The number of ether oxygens (including phenoxy) is 2. The van der Waals surface area contributed by atoms with E-state index in [2.05, 4.69) is 53.1 Å². The summed E-state index contributed by atoms with van der Waals surface area (Å²) in [5.41, 5.74) is 2.18. The van der Waals surface area contributed by atoms with Crippen molar-refractivity contribution in [1.29, 1.82) is 0 Å². The fourth-order valence-corrected chi connectivity index (χ4v) is 6.03. The van der Waals surface area contributed by atoms with Crippen LogP contribution in [0.1, 0.15) is 0 Å². The summed E-state index contributed by atoms with van der Waals surface area (Å²) in [5.74, 6) is 1.75. The molecule has 0 amide bonds. The average molecular weight is 380 g/mol. The molecule has 0 bridgehead atoms. The zero-order chi connectivity index (χ0) is 19.2. The van der Waals surface area contributed by atoms with Crippen LogP contribution in [-0.4, -0.2) is 28.3 Å². The fraction of sp³-hybridized carbons (Fsp3) is 0.182. The molecule has 0 aliphatic rings. The van der Waals surface area contributed by atoms with Crippen LogP contribution < -0.4 is 36.0 Å². The van der Waals surface area contributed by atoms with Gasteiger partial charge in [-0.05, 0) is 32.2 Å². The Balaban J connectivity index is 2.37. The molecule has 3 aromatic carbocycles. The Kier molecular flexibility index (Phi) is 6.20. The molecule has 0 radical (unpaired) electrons. The Bertz CT molecular complexity index is 845. The lowest BCUT2D eigenvalue weighted by atomic mass is 10.3. The van der Waals surface area contributed by atoms with E-state index in [0.29, 0.717) is 0 Å². The predicted molar refractivity (Wildman–Crippen MR) is 117 cm³/mol. The van der Waals surface area contributed by atoms with Crippen LogP contribution in [0.15, 0.2) is 66.7 Å². The van der Waals surface area contributed by atoms with Gasteiger partial charge in [0.25, 0.3) is 0 Å². The monoisotopic (exact) mass is 380 g/mol. The highest BCUT2D eigenvalue weighted by molar-refractivity contribution is 7.80. The van der Waals surface area contributed by atoms with Crippen molar-refractivity contribution in [2.24, 2.45) is 0 Å². The highest BCUT2D eigenvalue weighted by atomic mass is 31.1. The van der Waals surface area contributed by atoms with E-state index in [1.54, 1.807) is 14.2 Å². The van der Waals surface area contributed by atoms with E-state index in [0.717, 1.165) is 33.5 Å². The van der Waals surface area contributed by atoms with Crippen LogP contribution in [0.3, 0.4) is 0 Å². The van der Waals surface area contributed by atoms with E-state index in [1.807, 2.05) is 38.4 Å². The lowest BCUT2D eigenvalue weighted by molar-refractivity contribution is 0.417. The van der Waals surface area contributed by atoms with Gasteiger partial charge in [0.2, 0.25) is 0 Å². The third-order valence-electron chi connectivity index (χ3n) is 4.45. The number of nitrogens with one attached hydrogen (secondary N) is 2. The van der Waals surface area contributed by atoms with Crippen molar-refractivity contribution in [3.8, 4) is 11.5 Å². The minimum Gasteiger partial charge on any atom is -0.496 e. The topological polar surface area (TPSA) is 42.5 Å². The van der Waals surface area contributed by atoms with E-state index in [4.69, 9.17) is 9.47 Å². The standard InChI is InChI=1S/C22H25N2O2P/c1-23-16-10-9-11-17(24-2)22(16)27(20-14-7-5-12-18(20)25-3)21-15-8-6-13-19(21)26-4/h5-15,23-24H,1-4H3. The van der Waals surface area contributed by atoms with Crippen LogP contribution in [0.25, 0.3) is 0 Å². The van der Waals surface area contributed by atoms with Gasteiger partial charge in [0.15, 0.2) is 0 Å². The zero-order valence-electron chi connectivity index (χ0n) is 16.1. The van der Waals surface area contributed by atoms with E-state index < -0.39 is 7.92 Å². The molecule has 0 aliphatic carbocycles. The summed E-state index contributed by atoms with van der Waals surface area (Å²) in [5, 5.41) is 10.2. The number of para-hydroxylation sites is 2. The first kappa shape index (κ1) is 19.1. The van der Waals surface area contributed by atoms with Gasteiger partial charge in [0.1, 0.15) is 11.5 Å². The van der Waals surface area contributed by atoms with Gasteiger partial charge in [-0.15, -0.1) is 0 Å². The van der Waals surface area contributed by atoms with Crippen molar-refractivity contribution in [2.75, 3.05) is 38.9 Å². The van der Waals surface area contributed by atoms with E-state index in [1.165, 1.54) is 5.30 Å². The molecule has 27 heavy (non-hydrogen) atoms. The summed E-state index contributed by atoms with van der Waals surface area (Å²) in [6.45, 7) is 0. The Labute approximate surface area is 162 Å². The van der Waals surface area contributed by atoms with Crippen LogP contribution in [0.5, 0.6) is 11.5 Å². The molecule has 0 atom stereocenters. The number of methoxy groups -OCH3 is 2. The molecule has 3 aromatic rings. The summed E-state index contributed by atoms with van der Waals surface area (Å²) in [4.78, 5) is 0. The Morgan fingerprint density at radius 1 is 0.630 bits per heavy atom. The first-order chi connectivity index (χ1) is 13.2. The van der Waals surface area contributed by atoms with Crippen LogP contribution in [0.2, 0.25) is 0 Å². The number of anilines is 2. The molecule has 0 saturated heterocycles. The number of hydrogen-bond acceptors (Lipinski definition) is 4. The molecule has 0 fully saturated rings. The number of hydrogen-bond donors (Lipinski definition) is 2. The van der Waals surface area contributed by atoms with Crippen molar-refractivity contribution in [3.63, 3.8) is 0 Å². The Hall–Kier alpha value is -2.71. The van der Waals surface area contributed by atoms with Gasteiger partial charge in [-0.2, -0.15) is 0 Å². The van der Waals surface area contributed by atoms with Gasteiger partial charge >= 0.3 is 0 Å². The molecular formula is C22H25N2O2P. The van der Waals surface area contributed by atoms with E-state index in [-0.39, 0.29) is 0 Å². The third kappa shape index (κ3) is 3.72. The lowest BCUT2D eigenvalue weighted by Gasteiger charge is -2.27. The van der Waals surface area contributed by atoms with Gasteiger partial charge in [-0.3, -0.25) is 0 Å². The summed E-state index contributed by atoms with van der Waals surface area (Å²) >= 11 is 0. The lowest BCUT2D eigenvalue weighted by Crippen LogP contribution is -2.26. The van der Waals surface area contributed by atoms with Crippen LogP contribution in [-0.2, 0) is 0 Å². The quantitative estimate of drug-likeness (QED) is 0.616. The van der Waals surface area contributed by atoms with E-state index >= 15 is 0 Å². The van der Waals surface area contributed by atoms with Gasteiger partial charge < -0.3 is 20.1 Å². The first-order valence-electron chi connectivity index (χ1n) is 8.79. The minimum absolute atomic E-state index is 0.877. The SMILES string of the molecule is CNc1cccc(NC)c1P(c1ccccc1OC)c1ccccc1OC. The second-order valence-electron chi connectivity index (χ2n) is 5.88. The molecule has 0 heterocycles. The summed E-state index contributed by atoms with van der Waals surface area (Å²) < 4.78 is 11.4. The second-order valence-corrected chi connectivity index (χ2v) is 7.96. The largest absolute Gasteiger partial charge is 0.496 e. The van der Waals surface area contributed by atoms with Gasteiger partial charge in [-0.25, -0.2) is 0 Å². The Morgan fingerprint density at radius 2 is 1.07 bits per heavy atom. The molecule has 0 saturated carbocycles. The van der Waals surface area contributed by atoms with Crippen molar-refractivity contribution in [2.45, 2.75) is 0 Å². The van der Waals surface area contributed by atoms with Crippen LogP contribution >= 0.6 is 7.92 Å².